The molecule has 0 saturated heterocycles. The van der Waals surface area contributed by atoms with Crippen LogP contribution in [0.2, 0.25) is 0 Å². The van der Waals surface area contributed by atoms with E-state index < -0.39 is 0 Å². The van der Waals surface area contributed by atoms with Crippen LogP contribution < -0.4 is 5.32 Å². The number of fused-ring (bicyclic) bond motifs is 4. The highest BCUT2D eigenvalue weighted by atomic mass is 32.2. The van der Waals surface area contributed by atoms with Gasteiger partial charge in [-0.1, -0.05) is 60.3 Å². The number of amides is 1. The van der Waals surface area contributed by atoms with Gasteiger partial charge in [-0.2, -0.15) is 5.10 Å². The summed E-state index contributed by atoms with van der Waals surface area (Å²) in [5.74, 6) is 0.230. The summed E-state index contributed by atoms with van der Waals surface area (Å²) in [6.45, 7) is 0. The summed E-state index contributed by atoms with van der Waals surface area (Å²) in [6, 6.07) is 22.4. The minimum atomic E-state index is -0.0541. The van der Waals surface area contributed by atoms with E-state index in [1.54, 1.807) is 0 Å². The van der Waals surface area contributed by atoms with Gasteiger partial charge in [0.2, 0.25) is 5.91 Å². The summed E-state index contributed by atoms with van der Waals surface area (Å²) in [5.41, 5.74) is 2.95. The maximum absolute atomic E-state index is 12.5. The van der Waals surface area contributed by atoms with Crippen LogP contribution in [0.5, 0.6) is 0 Å². The number of amidine groups is 1. The Kier molecular flexibility index (Phi) is 4.33. The number of carbonyl (C=O) groups excluding carboxylic acids is 1. The van der Waals surface area contributed by atoms with Gasteiger partial charge < -0.3 is 5.32 Å². The number of benzene rings is 3. The van der Waals surface area contributed by atoms with E-state index in [-0.39, 0.29) is 17.7 Å². The van der Waals surface area contributed by atoms with Crippen molar-refractivity contribution in [3.63, 3.8) is 0 Å². The van der Waals surface area contributed by atoms with Gasteiger partial charge in [-0.15, -0.1) is 0 Å². The molecule has 0 radical (unpaired) electrons. The quantitative estimate of drug-likeness (QED) is 0.693. The van der Waals surface area contributed by atoms with Gasteiger partial charge in [-0.3, -0.25) is 4.79 Å². The van der Waals surface area contributed by atoms with Crippen LogP contribution in [0, 0.1) is 0 Å². The van der Waals surface area contributed by atoms with Gasteiger partial charge in [-0.25, -0.2) is 10.0 Å². The minimum Gasteiger partial charge on any atom is -0.325 e. The molecule has 0 aliphatic carbocycles. The number of nitrogens with zero attached hydrogens (tertiary/aromatic N) is 3. The van der Waals surface area contributed by atoms with Crippen molar-refractivity contribution >= 4 is 51.2 Å². The number of hydrazone groups is 1. The summed E-state index contributed by atoms with van der Waals surface area (Å²) in [6.07, 6.45) is 2.78. The van der Waals surface area contributed by atoms with Crippen LogP contribution in [0.15, 0.2) is 76.8 Å². The second-order valence-electron chi connectivity index (χ2n) is 6.75. The van der Waals surface area contributed by atoms with Crippen molar-refractivity contribution in [1.29, 1.82) is 0 Å². The molecule has 5 rings (SSSR count). The molecule has 2 heterocycles. The molecule has 0 bridgehead atoms. The average Bonchev–Trinajstić information content (AvgIpc) is 3.22. The van der Waals surface area contributed by atoms with Gasteiger partial charge in [0.1, 0.15) is 0 Å². The lowest BCUT2D eigenvalue weighted by Crippen LogP contribution is -2.29. The SMILES string of the molecule is O=C(CSC1=Nc2ccccc2[C@H]2CC=NN12)Nc1ccc2ccccc2c1. The first-order chi connectivity index (χ1) is 13.8. The molecule has 0 fully saturated rings. The number of nitrogens with one attached hydrogen (secondary N) is 1. The van der Waals surface area contributed by atoms with Crippen LogP contribution in [0.1, 0.15) is 18.0 Å². The van der Waals surface area contributed by atoms with E-state index in [4.69, 9.17) is 4.99 Å². The molecule has 2 aliphatic rings. The van der Waals surface area contributed by atoms with E-state index in [1.807, 2.05) is 65.8 Å². The molecule has 1 atom stereocenters. The first-order valence-corrected chi connectivity index (χ1v) is 10.2. The smallest absolute Gasteiger partial charge is 0.234 e. The predicted molar refractivity (Wildman–Crippen MR) is 116 cm³/mol. The fourth-order valence-electron chi connectivity index (χ4n) is 3.57. The van der Waals surface area contributed by atoms with Gasteiger partial charge in [0.15, 0.2) is 5.17 Å². The maximum atomic E-state index is 12.5. The van der Waals surface area contributed by atoms with E-state index in [9.17, 15) is 4.79 Å². The Morgan fingerprint density at radius 3 is 2.82 bits per heavy atom. The molecule has 5 nitrogen and oxygen atoms in total. The summed E-state index contributed by atoms with van der Waals surface area (Å²) >= 11 is 1.42. The first kappa shape index (κ1) is 17.0. The van der Waals surface area contributed by atoms with Crippen LogP contribution in [-0.2, 0) is 4.79 Å². The fraction of sp³-hybridized carbons (Fsp3) is 0.136. The Balaban J connectivity index is 1.29. The van der Waals surface area contributed by atoms with Gasteiger partial charge >= 0.3 is 0 Å². The zero-order chi connectivity index (χ0) is 18.9. The number of thioether (sulfide) groups is 1. The highest BCUT2D eigenvalue weighted by Crippen LogP contribution is 2.40. The monoisotopic (exact) mass is 386 g/mol. The molecule has 0 saturated carbocycles. The second kappa shape index (κ2) is 7.13. The lowest BCUT2D eigenvalue weighted by molar-refractivity contribution is -0.113. The molecule has 1 N–H and O–H groups in total. The maximum Gasteiger partial charge on any atom is 0.234 e. The van der Waals surface area contributed by atoms with Crippen molar-refractivity contribution in [2.24, 2.45) is 10.1 Å². The van der Waals surface area contributed by atoms with E-state index >= 15 is 0 Å². The highest BCUT2D eigenvalue weighted by Gasteiger charge is 2.32. The lowest BCUT2D eigenvalue weighted by atomic mass is 10.0. The minimum absolute atomic E-state index is 0.0541. The molecule has 1 amide bonds. The number of carbonyl (C=O) groups is 1. The number of hydrogen-bond donors (Lipinski definition) is 1. The summed E-state index contributed by atoms with van der Waals surface area (Å²) in [7, 11) is 0. The molecular weight excluding hydrogens is 368 g/mol. The molecule has 2 aliphatic heterocycles. The molecule has 138 valence electrons. The molecule has 0 spiro atoms. The van der Waals surface area contributed by atoms with Crippen LogP contribution in [0.3, 0.4) is 0 Å². The van der Waals surface area contributed by atoms with E-state index in [2.05, 4.69) is 22.6 Å². The molecule has 3 aromatic carbocycles. The number of aliphatic imine (C=N–C) groups is 1. The van der Waals surface area contributed by atoms with Crippen molar-refractivity contribution in [2.75, 3.05) is 11.1 Å². The molecule has 28 heavy (non-hydrogen) atoms. The number of rotatable bonds is 3. The largest absolute Gasteiger partial charge is 0.325 e. The summed E-state index contributed by atoms with van der Waals surface area (Å²) < 4.78 is 0. The van der Waals surface area contributed by atoms with E-state index in [0.717, 1.165) is 33.7 Å². The average molecular weight is 386 g/mol. The van der Waals surface area contributed by atoms with Crippen LogP contribution in [0.25, 0.3) is 10.8 Å². The van der Waals surface area contributed by atoms with Gasteiger partial charge in [0.25, 0.3) is 0 Å². The van der Waals surface area contributed by atoms with Crippen molar-refractivity contribution < 1.29 is 4.79 Å². The molecule has 0 unspecified atom stereocenters. The topological polar surface area (TPSA) is 57.1 Å². The number of anilines is 1. The third kappa shape index (κ3) is 3.16. The van der Waals surface area contributed by atoms with Crippen molar-refractivity contribution in [1.82, 2.24) is 5.01 Å². The Bertz CT molecular complexity index is 1120. The molecule has 6 heteroatoms. The Hall–Kier alpha value is -3.12. The van der Waals surface area contributed by atoms with Gasteiger partial charge in [0, 0.05) is 23.9 Å². The predicted octanol–water partition coefficient (Wildman–Crippen LogP) is 4.95. The third-order valence-electron chi connectivity index (χ3n) is 4.90. The number of para-hydroxylation sites is 1. The van der Waals surface area contributed by atoms with Crippen LogP contribution >= 0.6 is 11.8 Å². The van der Waals surface area contributed by atoms with Crippen LogP contribution in [-0.4, -0.2) is 28.1 Å². The molecule has 3 aromatic rings. The van der Waals surface area contributed by atoms with Gasteiger partial charge in [-0.05, 0) is 29.0 Å². The van der Waals surface area contributed by atoms with Crippen molar-refractivity contribution in [3.05, 3.63) is 72.3 Å². The van der Waals surface area contributed by atoms with E-state index in [0.29, 0.717) is 0 Å². The normalized spacial score (nSPS) is 17.2. The van der Waals surface area contributed by atoms with Crippen molar-refractivity contribution in [2.45, 2.75) is 12.5 Å². The van der Waals surface area contributed by atoms with E-state index in [1.165, 1.54) is 17.3 Å². The summed E-state index contributed by atoms with van der Waals surface area (Å²) in [5, 5.41) is 12.4. The zero-order valence-corrected chi connectivity index (χ0v) is 15.9. The third-order valence-corrected chi connectivity index (χ3v) is 5.85. The summed E-state index contributed by atoms with van der Waals surface area (Å²) in [4.78, 5) is 17.2. The lowest BCUT2D eigenvalue weighted by Gasteiger charge is -2.29. The highest BCUT2D eigenvalue weighted by molar-refractivity contribution is 8.14. The van der Waals surface area contributed by atoms with Gasteiger partial charge in [0.05, 0.1) is 17.5 Å². The van der Waals surface area contributed by atoms with Crippen LogP contribution in [0.4, 0.5) is 11.4 Å². The Morgan fingerprint density at radius 1 is 1.07 bits per heavy atom. The van der Waals surface area contributed by atoms with Crippen molar-refractivity contribution in [3.8, 4) is 0 Å². The Morgan fingerprint density at radius 2 is 1.89 bits per heavy atom. The number of hydrogen-bond acceptors (Lipinski definition) is 5. The fourth-order valence-corrected chi connectivity index (χ4v) is 4.38. The zero-order valence-electron chi connectivity index (χ0n) is 15.1. The standard InChI is InChI=1S/C22H18N4OS/c27-21(24-17-10-9-15-5-1-2-6-16(15)13-17)14-28-22-25-19-8-4-3-7-18(19)20-11-12-23-26(20)22/h1-10,12-13,20H,11,14H2,(H,24,27)/t20-/m1/s1. The molecule has 0 aromatic heterocycles. The first-order valence-electron chi connectivity index (χ1n) is 9.19. The molecular formula is C22H18N4OS. The second-order valence-corrected chi connectivity index (χ2v) is 7.69. The Labute approximate surface area is 167 Å².